The van der Waals surface area contributed by atoms with Gasteiger partial charge in [0.25, 0.3) is 0 Å². The molecule has 0 aliphatic carbocycles. The molecule has 2 nitrogen and oxygen atoms in total. The number of aliphatic hydroxyl groups excluding tert-OH is 1. The van der Waals surface area contributed by atoms with E-state index >= 15 is 0 Å². The van der Waals surface area contributed by atoms with Gasteiger partial charge in [0, 0.05) is 18.2 Å². The summed E-state index contributed by atoms with van der Waals surface area (Å²) in [6, 6.07) is 3.25. The van der Waals surface area contributed by atoms with Crippen molar-refractivity contribution in [2.45, 2.75) is 12.5 Å². The van der Waals surface area contributed by atoms with Crippen molar-refractivity contribution >= 4 is 11.8 Å². The van der Waals surface area contributed by atoms with E-state index < -0.39 is 17.7 Å². The second-order valence-corrected chi connectivity index (χ2v) is 5.72. The fourth-order valence-electron chi connectivity index (χ4n) is 2.05. The fourth-order valence-corrected chi connectivity index (χ4v) is 3.33. The van der Waals surface area contributed by atoms with Gasteiger partial charge >= 0.3 is 0 Å². The molecule has 0 saturated carbocycles. The van der Waals surface area contributed by atoms with Gasteiger partial charge in [-0.3, -0.25) is 0 Å². The minimum atomic E-state index is -0.931. The summed E-state index contributed by atoms with van der Waals surface area (Å²) in [4.78, 5) is 0. The summed E-state index contributed by atoms with van der Waals surface area (Å²) < 4.78 is 26.1. The molecular formula is C13H17F2NOS. The Morgan fingerprint density at radius 3 is 2.94 bits per heavy atom. The second-order valence-electron chi connectivity index (χ2n) is 4.57. The van der Waals surface area contributed by atoms with Crippen LogP contribution in [0.2, 0.25) is 0 Å². The van der Waals surface area contributed by atoms with E-state index in [1.54, 1.807) is 0 Å². The van der Waals surface area contributed by atoms with Crippen molar-refractivity contribution in [1.29, 1.82) is 0 Å². The molecule has 0 spiro atoms. The van der Waals surface area contributed by atoms with E-state index in [2.05, 4.69) is 5.32 Å². The second kappa shape index (κ2) is 6.50. The Balaban J connectivity index is 1.81. The number of halogens is 2. The van der Waals surface area contributed by atoms with Crippen LogP contribution in [0.15, 0.2) is 18.2 Å². The number of rotatable bonds is 5. The van der Waals surface area contributed by atoms with Crippen LogP contribution >= 0.6 is 11.8 Å². The van der Waals surface area contributed by atoms with E-state index in [1.807, 2.05) is 11.8 Å². The Hall–Kier alpha value is -0.650. The lowest BCUT2D eigenvalue weighted by atomic mass is 10.1. The maximum Gasteiger partial charge on any atom is 0.131 e. The predicted octanol–water partition coefficient (Wildman–Crippen LogP) is 2.34. The first-order chi connectivity index (χ1) is 8.66. The highest BCUT2D eigenvalue weighted by Crippen LogP contribution is 2.23. The van der Waals surface area contributed by atoms with Crippen LogP contribution in [0, 0.1) is 17.6 Å². The number of nitrogens with one attached hydrogen (secondary N) is 1. The molecular weight excluding hydrogens is 256 g/mol. The zero-order chi connectivity index (χ0) is 13.0. The van der Waals surface area contributed by atoms with E-state index in [1.165, 1.54) is 18.2 Å². The molecule has 1 aromatic carbocycles. The normalized spacial score (nSPS) is 21.2. The van der Waals surface area contributed by atoms with Gasteiger partial charge in [-0.25, -0.2) is 8.78 Å². The van der Waals surface area contributed by atoms with E-state index in [9.17, 15) is 13.9 Å². The standard InChI is InChI=1S/C13H17F2NOS/c14-10-1-2-11(12(15)5-10)13(17)7-16-6-9-3-4-18-8-9/h1-2,5,9,13,16-17H,3-4,6-8H2. The smallest absolute Gasteiger partial charge is 0.131 e. The number of benzene rings is 1. The van der Waals surface area contributed by atoms with Crippen molar-refractivity contribution in [3.8, 4) is 0 Å². The van der Waals surface area contributed by atoms with Gasteiger partial charge in [0.15, 0.2) is 0 Å². The van der Waals surface area contributed by atoms with Crippen LogP contribution in [0.3, 0.4) is 0 Å². The molecule has 0 amide bonds. The fraction of sp³-hybridized carbons (Fsp3) is 0.538. The molecule has 1 saturated heterocycles. The molecule has 2 rings (SSSR count). The van der Waals surface area contributed by atoms with Gasteiger partial charge in [0.05, 0.1) is 6.10 Å². The van der Waals surface area contributed by atoms with Gasteiger partial charge in [-0.1, -0.05) is 6.07 Å². The van der Waals surface area contributed by atoms with Gasteiger partial charge in [-0.15, -0.1) is 0 Å². The largest absolute Gasteiger partial charge is 0.387 e. The molecule has 2 unspecified atom stereocenters. The monoisotopic (exact) mass is 273 g/mol. The SMILES string of the molecule is OC(CNCC1CCSC1)c1ccc(F)cc1F. The van der Waals surface area contributed by atoms with Crippen LogP contribution in [0.5, 0.6) is 0 Å². The summed E-state index contributed by atoms with van der Waals surface area (Å²) in [6.45, 7) is 1.14. The highest BCUT2D eigenvalue weighted by atomic mass is 32.2. The number of thioether (sulfide) groups is 1. The quantitative estimate of drug-likeness (QED) is 0.863. The van der Waals surface area contributed by atoms with Gasteiger partial charge in [-0.05, 0) is 36.5 Å². The van der Waals surface area contributed by atoms with Gasteiger partial charge in [-0.2, -0.15) is 11.8 Å². The maximum absolute atomic E-state index is 13.4. The van der Waals surface area contributed by atoms with Gasteiger partial charge in [0.1, 0.15) is 11.6 Å². The number of hydrogen-bond donors (Lipinski definition) is 2. The molecule has 18 heavy (non-hydrogen) atoms. The van der Waals surface area contributed by atoms with Crippen molar-refractivity contribution in [2.75, 3.05) is 24.6 Å². The molecule has 1 fully saturated rings. The molecule has 0 radical (unpaired) electrons. The summed E-state index contributed by atoms with van der Waals surface area (Å²) in [7, 11) is 0. The van der Waals surface area contributed by atoms with E-state index in [-0.39, 0.29) is 5.56 Å². The zero-order valence-corrected chi connectivity index (χ0v) is 10.9. The van der Waals surface area contributed by atoms with Crippen molar-refractivity contribution in [3.63, 3.8) is 0 Å². The van der Waals surface area contributed by atoms with Crippen molar-refractivity contribution in [3.05, 3.63) is 35.4 Å². The Morgan fingerprint density at radius 2 is 2.28 bits per heavy atom. The van der Waals surface area contributed by atoms with Crippen LogP contribution in [0.1, 0.15) is 18.1 Å². The van der Waals surface area contributed by atoms with Crippen molar-refractivity contribution < 1.29 is 13.9 Å². The summed E-state index contributed by atoms with van der Waals surface area (Å²) in [5.41, 5.74) is 0.143. The minimum absolute atomic E-state index is 0.143. The van der Waals surface area contributed by atoms with Crippen LogP contribution in [0.25, 0.3) is 0 Å². The third kappa shape index (κ3) is 3.67. The topological polar surface area (TPSA) is 32.3 Å². The van der Waals surface area contributed by atoms with Crippen LogP contribution in [-0.2, 0) is 0 Å². The lowest BCUT2D eigenvalue weighted by molar-refractivity contribution is 0.168. The van der Waals surface area contributed by atoms with E-state index in [0.29, 0.717) is 12.5 Å². The molecule has 1 aliphatic rings. The maximum atomic E-state index is 13.4. The predicted molar refractivity (Wildman–Crippen MR) is 69.6 cm³/mol. The Morgan fingerprint density at radius 1 is 1.44 bits per heavy atom. The minimum Gasteiger partial charge on any atom is -0.387 e. The summed E-state index contributed by atoms with van der Waals surface area (Å²) in [6.07, 6.45) is 0.262. The average Bonchev–Trinajstić information content (AvgIpc) is 2.81. The summed E-state index contributed by atoms with van der Waals surface area (Å²) in [5, 5.41) is 13.0. The van der Waals surface area contributed by atoms with Crippen LogP contribution in [0.4, 0.5) is 8.78 Å². The lowest BCUT2D eigenvalue weighted by Crippen LogP contribution is -2.27. The molecule has 1 aromatic rings. The summed E-state index contributed by atoms with van der Waals surface area (Å²) >= 11 is 1.94. The molecule has 100 valence electrons. The first-order valence-corrected chi connectivity index (χ1v) is 7.24. The first-order valence-electron chi connectivity index (χ1n) is 6.08. The molecule has 2 N–H and O–H groups in total. The average molecular weight is 273 g/mol. The number of hydrogen-bond acceptors (Lipinski definition) is 3. The van der Waals surface area contributed by atoms with Gasteiger partial charge < -0.3 is 10.4 Å². The molecule has 0 bridgehead atoms. The van der Waals surface area contributed by atoms with E-state index in [0.717, 1.165) is 24.4 Å². The molecule has 5 heteroatoms. The third-order valence-electron chi connectivity index (χ3n) is 3.12. The molecule has 1 heterocycles. The lowest BCUT2D eigenvalue weighted by Gasteiger charge is -2.15. The Kier molecular flexibility index (Phi) is 4.97. The molecule has 2 atom stereocenters. The van der Waals surface area contributed by atoms with E-state index in [4.69, 9.17) is 0 Å². The molecule has 0 aromatic heterocycles. The van der Waals surface area contributed by atoms with Crippen LogP contribution < -0.4 is 5.32 Å². The highest BCUT2D eigenvalue weighted by Gasteiger charge is 2.17. The zero-order valence-electron chi connectivity index (χ0n) is 10.0. The van der Waals surface area contributed by atoms with Crippen molar-refractivity contribution in [2.24, 2.45) is 5.92 Å². The van der Waals surface area contributed by atoms with Crippen molar-refractivity contribution in [1.82, 2.24) is 5.32 Å². The first kappa shape index (κ1) is 13.8. The summed E-state index contributed by atoms with van der Waals surface area (Å²) in [5.74, 6) is 1.66. The Labute approximate surface area is 110 Å². The third-order valence-corrected chi connectivity index (χ3v) is 4.35. The molecule has 1 aliphatic heterocycles. The van der Waals surface area contributed by atoms with Gasteiger partial charge in [0.2, 0.25) is 0 Å². The van der Waals surface area contributed by atoms with Crippen LogP contribution in [-0.4, -0.2) is 29.7 Å². The number of aliphatic hydroxyl groups is 1. The highest BCUT2D eigenvalue weighted by molar-refractivity contribution is 7.99. The Bertz CT molecular complexity index is 397.